The number of H-pyrrole nitrogens is 1. The summed E-state index contributed by atoms with van der Waals surface area (Å²) in [5.41, 5.74) is 1.05. The van der Waals surface area contributed by atoms with Gasteiger partial charge in [-0.05, 0) is 36.4 Å². The number of aromatic nitrogens is 5. The SMILES string of the molecule is Cn1cnc(S(=O)(=O)Nc2cc3c(=O)n(-c4ccc(F)cc4)[nH][n+]3c3ccccc23)c1. The minimum absolute atomic E-state index is 0.135. The number of anilines is 1. The van der Waals surface area contributed by atoms with Gasteiger partial charge in [0.2, 0.25) is 5.52 Å². The Balaban J connectivity index is 1.73. The molecule has 5 rings (SSSR count). The molecule has 11 heteroatoms. The number of aryl methyl sites for hydroxylation is 1. The number of imidazole rings is 1. The molecule has 0 amide bonds. The van der Waals surface area contributed by atoms with Crippen molar-refractivity contribution >= 4 is 32.1 Å². The van der Waals surface area contributed by atoms with Crippen molar-refractivity contribution < 1.29 is 17.3 Å². The monoisotopic (exact) mass is 439 g/mol. The first-order valence-corrected chi connectivity index (χ1v) is 10.7. The highest BCUT2D eigenvalue weighted by molar-refractivity contribution is 7.92. The van der Waals surface area contributed by atoms with Crippen LogP contribution in [0.1, 0.15) is 0 Å². The highest BCUT2D eigenvalue weighted by Crippen LogP contribution is 2.24. The van der Waals surface area contributed by atoms with Crippen LogP contribution >= 0.6 is 0 Å². The van der Waals surface area contributed by atoms with Crippen LogP contribution in [-0.2, 0) is 17.1 Å². The van der Waals surface area contributed by atoms with Crippen molar-refractivity contribution in [3.63, 3.8) is 0 Å². The molecule has 0 unspecified atom stereocenters. The number of nitrogens with one attached hydrogen (secondary N) is 2. The maximum Gasteiger partial charge on any atom is 0.406 e. The molecule has 3 heterocycles. The molecule has 156 valence electrons. The van der Waals surface area contributed by atoms with Gasteiger partial charge >= 0.3 is 5.56 Å². The van der Waals surface area contributed by atoms with E-state index in [0.717, 1.165) is 0 Å². The Kier molecular flexibility index (Phi) is 4.15. The summed E-state index contributed by atoms with van der Waals surface area (Å²) < 4.78 is 45.8. The standard InChI is InChI=1S/C20H15FN6O3S/c1-25-11-19(22-12-25)31(29,30)23-16-10-18-20(28)26(14-8-6-13(21)7-9-14)24-27(18)17-5-3-2-4-15(16)17/h2-12,24H,1H3/p+1. The second-order valence-electron chi connectivity index (χ2n) is 7.00. The van der Waals surface area contributed by atoms with E-state index in [-0.39, 0.29) is 16.2 Å². The summed E-state index contributed by atoms with van der Waals surface area (Å²) in [6, 6.07) is 13.9. The van der Waals surface area contributed by atoms with Crippen LogP contribution in [-0.4, -0.2) is 27.9 Å². The summed E-state index contributed by atoms with van der Waals surface area (Å²) in [4.78, 5) is 17.0. The topological polar surface area (TPSA) is 106 Å². The predicted octanol–water partition coefficient (Wildman–Crippen LogP) is 1.73. The van der Waals surface area contributed by atoms with Crippen LogP contribution < -0.4 is 14.8 Å². The first-order valence-electron chi connectivity index (χ1n) is 9.19. The minimum atomic E-state index is -3.97. The zero-order chi connectivity index (χ0) is 21.8. The van der Waals surface area contributed by atoms with Crippen LogP contribution in [0.4, 0.5) is 10.1 Å². The fourth-order valence-electron chi connectivity index (χ4n) is 3.40. The van der Waals surface area contributed by atoms with Crippen LogP contribution in [0.25, 0.3) is 22.1 Å². The molecule has 0 fully saturated rings. The molecular formula is C20H16FN6O3S+. The third kappa shape index (κ3) is 3.15. The van der Waals surface area contributed by atoms with Crippen LogP contribution in [0.15, 0.2) is 76.9 Å². The van der Waals surface area contributed by atoms with E-state index >= 15 is 0 Å². The Bertz CT molecular complexity index is 1620. The second kappa shape index (κ2) is 6.77. The van der Waals surface area contributed by atoms with Gasteiger partial charge in [-0.25, -0.2) is 14.2 Å². The van der Waals surface area contributed by atoms with Crippen molar-refractivity contribution in [1.29, 1.82) is 0 Å². The van der Waals surface area contributed by atoms with Crippen LogP contribution in [0.5, 0.6) is 0 Å². The van der Waals surface area contributed by atoms with Crippen molar-refractivity contribution in [1.82, 2.24) is 19.4 Å². The average Bonchev–Trinajstić information content (AvgIpc) is 3.33. The molecule has 0 aliphatic rings. The molecule has 31 heavy (non-hydrogen) atoms. The van der Waals surface area contributed by atoms with Gasteiger partial charge in [-0.2, -0.15) is 8.42 Å². The number of nitrogens with zero attached hydrogens (tertiary/aromatic N) is 4. The van der Waals surface area contributed by atoms with E-state index in [0.29, 0.717) is 16.6 Å². The smallest absolute Gasteiger partial charge is 0.339 e. The molecular weight excluding hydrogens is 423 g/mol. The molecule has 9 nitrogen and oxygen atoms in total. The van der Waals surface area contributed by atoms with Gasteiger partial charge in [0.25, 0.3) is 10.0 Å². The van der Waals surface area contributed by atoms with E-state index < -0.39 is 21.4 Å². The van der Waals surface area contributed by atoms with Crippen LogP contribution in [0.2, 0.25) is 0 Å². The largest absolute Gasteiger partial charge is 0.406 e. The molecule has 0 saturated carbocycles. The molecule has 3 aromatic heterocycles. The third-order valence-corrected chi connectivity index (χ3v) is 6.12. The number of para-hydroxylation sites is 1. The van der Waals surface area contributed by atoms with Gasteiger partial charge in [0.05, 0.1) is 12.0 Å². The fraction of sp³-hybridized carbons (Fsp3) is 0.0500. The number of pyridine rings is 1. The quantitative estimate of drug-likeness (QED) is 0.416. The summed E-state index contributed by atoms with van der Waals surface area (Å²) >= 11 is 0. The second-order valence-corrected chi connectivity index (χ2v) is 8.62. The van der Waals surface area contributed by atoms with E-state index in [1.54, 1.807) is 35.8 Å². The molecule has 0 aliphatic heterocycles. The summed E-state index contributed by atoms with van der Waals surface area (Å²) in [6.45, 7) is 0. The van der Waals surface area contributed by atoms with E-state index in [9.17, 15) is 17.6 Å². The molecule has 2 N–H and O–H groups in total. The first-order chi connectivity index (χ1) is 14.8. The predicted molar refractivity (Wildman–Crippen MR) is 111 cm³/mol. The van der Waals surface area contributed by atoms with E-state index in [2.05, 4.69) is 14.9 Å². The summed E-state index contributed by atoms with van der Waals surface area (Å²) in [6.07, 6.45) is 2.77. The maximum absolute atomic E-state index is 13.3. The lowest BCUT2D eigenvalue weighted by Gasteiger charge is -2.08. The fourth-order valence-corrected chi connectivity index (χ4v) is 4.46. The third-order valence-electron chi connectivity index (χ3n) is 4.86. The number of sulfonamides is 1. The lowest BCUT2D eigenvalue weighted by Crippen LogP contribution is -2.27. The van der Waals surface area contributed by atoms with Crippen molar-refractivity contribution in [3.8, 4) is 5.69 Å². The van der Waals surface area contributed by atoms with Crippen LogP contribution in [0, 0.1) is 5.82 Å². The maximum atomic E-state index is 13.3. The zero-order valence-corrected chi connectivity index (χ0v) is 17.0. The number of rotatable bonds is 4. The van der Waals surface area contributed by atoms with Gasteiger partial charge in [0.15, 0.2) is 16.2 Å². The van der Waals surface area contributed by atoms with Crippen molar-refractivity contribution in [2.75, 3.05) is 4.72 Å². The summed E-state index contributed by atoms with van der Waals surface area (Å²) in [5.74, 6) is -0.419. The Morgan fingerprint density at radius 3 is 2.55 bits per heavy atom. The number of aromatic amines is 1. The van der Waals surface area contributed by atoms with E-state index in [4.69, 9.17) is 0 Å². The van der Waals surface area contributed by atoms with Gasteiger partial charge in [-0.3, -0.25) is 4.72 Å². The summed E-state index contributed by atoms with van der Waals surface area (Å²) in [7, 11) is -2.30. The molecule has 5 aromatic rings. The highest BCUT2D eigenvalue weighted by atomic mass is 32.2. The normalized spacial score (nSPS) is 11.9. The molecule has 0 atom stereocenters. The Morgan fingerprint density at radius 2 is 1.84 bits per heavy atom. The highest BCUT2D eigenvalue weighted by Gasteiger charge is 2.24. The van der Waals surface area contributed by atoms with E-state index in [1.165, 1.54) is 52.1 Å². The lowest BCUT2D eigenvalue weighted by molar-refractivity contribution is -0.555. The lowest BCUT2D eigenvalue weighted by atomic mass is 10.2. The Labute approximate surface area is 175 Å². The molecule has 0 aliphatic carbocycles. The number of benzene rings is 2. The minimum Gasteiger partial charge on any atom is -0.339 e. The van der Waals surface area contributed by atoms with Gasteiger partial charge in [0.1, 0.15) is 5.82 Å². The number of hydrogen-bond donors (Lipinski definition) is 2. The Morgan fingerprint density at radius 1 is 1.10 bits per heavy atom. The molecule has 0 bridgehead atoms. The van der Waals surface area contributed by atoms with Crippen molar-refractivity contribution in [2.45, 2.75) is 5.03 Å². The van der Waals surface area contributed by atoms with Crippen molar-refractivity contribution in [2.24, 2.45) is 7.05 Å². The van der Waals surface area contributed by atoms with Gasteiger partial charge in [-0.1, -0.05) is 22.0 Å². The molecule has 0 radical (unpaired) electrons. The molecule has 0 spiro atoms. The van der Waals surface area contributed by atoms with Crippen LogP contribution in [0.3, 0.4) is 0 Å². The number of hydrogen-bond acceptors (Lipinski definition) is 4. The number of halogens is 1. The van der Waals surface area contributed by atoms with Gasteiger partial charge in [0, 0.05) is 24.7 Å². The van der Waals surface area contributed by atoms with Crippen molar-refractivity contribution in [3.05, 3.63) is 83.3 Å². The van der Waals surface area contributed by atoms with E-state index in [1.807, 2.05) is 0 Å². The van der Waals surface area contributed by atoms with Gasteiger partial charge in [-0.15, -0.1) is 4.52 Å². The summed E-state index contributed by atoms with van der Waals surface area (Å²) in [5, 5.41) is 3.41. The Hall–Kier alpha value is -3.99. The molecule has 0 saturated heterocycles. The number of fused-ring (bicyclic) bond motifs is 3. The first kappa shape index (κ1) is 19.0. The zero-order valence-electron chi connectivity index (χ0n) is 16.2. The average molecular weight is 439 g/mol. The van der Waals surface area contributed by atoms with Gasteiger partial charge < -0.3 is 4.57 Å². The molecule has 2 aromatic carbocycles.